The number of aryl methyl sites for hydroxylation is 1. The van der Waals surface area contributed by atoms with Gasteiger partial charge in [-0.2, -0.15) is 0 Å². The highest BCUT2D eigenvalue weighted by Gasteiger charge is 2.21. The highest BCUT2D eigenvalue weighted by Crippen LogP contribution is 2.27. The van der Waals surface area contributed by atoms with Crippen LogP contribution in [-0.2, 0) is 16.1 Å². The van der Waals surface area contributed by atoms with Crippen molar-refractivity contribution >= 4 is 56.0 Å². The minimum absolute atomic E-state index is 0.119. The smallest absolute Gasteiger partial charge is 0.350 e. The predicted molar refractivity (Wildman–Crippen MR) is 131 cm³/mol. The summed E-state index contributed by atoms with van der Waals surface area (Å²) >= 11 is 5.78. The Morgan fingerprint density at radius 1 is 1.24 bits per heavy atom. The van der Waals surface area contributed by atoms with E-state index in [4.69, 9.17) is 9.47 Å². The molecule has 0 radical (unpaired) electrons. The van der Waals surface area contributed by atoms with Gasteiger partial charge in [-0.3, -0.25) is 4.79 Å². The molecule has 176 valence electrons. The quantitative estimate of drug-likeness (QED) is 0.279. The summed E-state index contributed by atoms with van der Waals surface area (Å²) in [5.74, 6) is 0.831. The molecule has 0 spiro atoms. The monoisotopic (exact) mass is 553 g/mol. The number of hydrogen-bond donors (Lipinski definition) is 1. The van der Waals surface area contributed by atoms with Crippen LogP contribution >= 0.6 is 39.0 Å². The molecule has 0 fully saturated rings. The number of nitrogens with zero attached hydrogens (tertiary/aromatic N) is 4. The molecule has 9 nitrogen and oxygen atoms in total. The Labute approximate surface area is 208 Å². The zero-order valence-corrected chi connectivity index (χ0v) is 21.8. The molecule has 1 unspecified atom stereocenters. The second kappa shape index (κ2) is 11.6. The Morgan fingerprint density at radius 3 is 2.64 bits per heavy atom. The lowest BCUT2D eigenvalue weighted by molar-refractivity contribution is -0.113. The van der Waals surface area contributed by atoms with E-state index in [2.05, 4.69) is 36.4 Å². The van der Waals surface area contributed by atoms with Crippen molar-refractivity contribution in [3.05, 3.63) is 45.1 Å². The highest BCUT2D eigenvalue weighted by molar-refractivity contribution is 9.10. The number of aromatic nitrogens is 4. The van der Waals surface area contributed by atoms with Gasteiger partial charge in [-0.25, -0.2) is 9.78 Å². The molecule has 2 aromatic heterocycles. The van der Waals surface area contributed by atoms with Crippen LogP contribution in [0.5, 0.6) is 5.75 Å². The zero-order chi connectivity index (χ0) is 24.0. The highest BCUT2D eigenvalue weighted by atomic mass is 79.9. The van der Waals surface area contributed by atoms with Gasteiger partial charge in [0.25, 0.3) is 0 Å². The van der Waals surface area contributed by atoms with Gasteiger partial charge in [0.1, 0.15) is 10.6 Å². The molecule has 1 aromatic carbocycles. The number of esters is 1. The first-order valence-electron chi connectivity index (χ1n) is 10.2. The van der Waals surface area contributed by atoms with Gasteiger partial charge in [-0.15, -0.1) is 10.2 Å². The Bertz CT molecular complexity index is 1120. The van der Waals surface area contributed by atoms with Crippen LogP contribution in [0.4, 0.5) is 5.13 Å². The summed E-state index contributed by atoms with van der Waals surface area (Å²) in [7, 11) is 0. The van der Waals surface area contributed by atoms with Gasteiger partial charge >= 0.3 is 5.97 Å². The molecule has 2 heterocycles. The molecular formula is C21H24BrN5O4S2. The predicted octanol–water partition coefficient (Wildman–Crippen LogP) is 4.87. The maximum Gasteiger partial charge on any atom is 0.350 e. The molecule has 0 saturated heterocycles. The lowest BCUT2D eigenvalue weighted by Gasteiger charge is -2.15. The average molecular weight is 554 g/mol. The molecule has 0 saturated carbocycles. The molecule has 12 heteroatoms. The van der Waals surface area contributed by atoms with E-state index in [-0.39, 0.29) is 24.4 Å². The van der Waals surface area contributed by atoms with Crippen LogP contribution in [-0.4, -0.2) is 44.0 Å². The normalized spacial score (nSPS) is 11.8. The lowest BCUT2D eigenvalue weighted by Crippen LogP contribution is -2.15. The number of benzene rings is 1. The van der Waals surface area contributed by atoms with Crippen LogP contribution < -0.4 is 10.1 Å². The first-order chi connectivity index (χ1) is 15.8. The van der Waals surface area contributed by atoms with Crippen LogP contribution in [0.15, 0.2) is 33.9 Å². The van der Waals surface area contributed by atoms with Crippen molar-refractivity contribution in [3.8, 4) is 5.75 Å². The number of amides is 1. The first-order valence-corrected chi connectivity index (χ1v) is 12.8. The van der Waals surface area contributed by atoms with Crippen LogP contribution in [0.25, 0.3) is 0 Å². The Kier molecular flexibility index (Phi) is 8.87. The second-order valence-electron chi connectivity index (χ2n) is 6.79. The van der Waals surface area contributed by atoms with E-state index in [1.807, 2.05) is 42.7 Å². The third kappa shape index (κ3) is 6.55. The molecule has 0 aliphatic carbocycles. The summed E-state index contributed by atoms with van der Waals surface area (Å²) < 4.78 is 13.9. The van der Waals surface area contributed by atoms with Crippen molar-refractivity contribution in [1.82, 2.24) is 19.7 Å². The van der Waals surface area contributed by atoms with Crippen molar-refractivity contribution in [2.24, 2.45) is 0 Å². The fraction of sp³-hybridized carbons (Fsp3) is 0.381. The molecule has 3 aromatic rings. The topological polar surface area (TPSA) is 108 Å². The number of thiazole rings is 1. The van der Waals surface area contributed by atoms with E-state index < -0.39 is 5.97 Å². The van der Waals surface area contributed by atoms with Gasteiger partial charge < -0.3 is 19.4 Å². The molecule has 3 rings (SSSR count). The molecule has 0 aliphatic rings. The van der Waals surface area contributed by atoms with Crippen LogP contribution in [0.1, 0.15) is 48.1 Å². The van der Waals surface area contributed by atoms with Crippen molar-refractivity contribution in [2.45, 2.75) is 45.5 Å². The van der Waals surface area contributed by atoms with E-state index in [1.54, 1.807) is 13.8 Å². The molecule has 1 N–H and O–H groups in total. The van der Waals surface area contributed by atoms with E-state index in [1.165, 1.54) is 11.8 Å². The van der Waals surface area contributed by atoms with E-state index in [0.29, 0.717) is 33.2 Å². The summed E-state index contributed by atoms with van der Waals surface area (Å²) in [6.45, 7) is 8.25. The third-order valence-electron chi connectivity index (χ3n) is 4.39. The number of hydrogen-bond acceptors (Lipinski definition) is 9. The van der Waals surface area contributed by atoms with Crippen molar-refractivity contribution in [2.75, 3.05) is 17.7 Å². The number of ether oxygens (including phenoxy) is 2. The van der Waals surface area contributed by atoms with Crippen LogP contribution in [0.2, 0.25) is 0 Å². The van der Waals surface area contributed by atoms with Crippen molar-refractivity contribution in [1.29, 1.82) is 0 Å². The summed E-state index contributed by atoms with van der Waals surface area (Å²) in [6.07, 6.45) is -0.318. The van der Waals surface area contributed by atoms with Gasteiger partial charge in [0.05, 0.1) is 18.1 Å². The molecule has 1 atom stereocenters. The van der Waals surface area contributed by atoms with E-state index in [0.717, 1.165) is 21.6 Å². The van der Waals surface area contributed by atoms with E-state index in [9.17, 15) is 9.59 Å². The van der Waals surface area contributed by atoms with Gasteiger partial charge in [0.15, 0.2) is 22.2 Å². The molecule has 0 aliphatic heterocycles. The first kappa shape index (κ1) is 25.2. The summed E-state index contributed by atoms with van der Waals surface area (Å²) in [4.78, 5) is 29.0. The minimum Gasteiger partial charge on any atom is -0.483 e. The lowest BCUT2D eigenvalue weighted by atomic mass is 10.3. The number of halogens is 1. The fourth-order valence-corrected chi connectivity index (χ4v) is 4.85. The maximum absolute atomic E-state index is 12.4. The number of carbonyl (C=O) groups is 2. The maximum atomic E-state index is 12.4. The number of carbonyl (C=O) groups excluding carboxylic acids is 2. The average Bonchev–Trinajstić information content (AvgIpc) is 3.36. The molecule has 33 heavy (non-hydrogen) atoms. The summed E-state index contributed by atoms with van der Waals surface area (Å²) in [5, 5.41) is 12.2. The minimum atomic E-state index is -0.439. The van der Waals surface area contributed by atoms with Gasteiger partial charge in [0, 0.05) is 11.0 Å². The standard InChI is InChI=1S/C21H24BrN5O4S2/c1-5-27-18(13(4)31-15-9-7-14(22)8-10-15)25-26-21(27)32-11-16(28)24-20-23-12(3)17(33-20)19(29)30-6-2/h7-10,13H,5-6,11H2,1-4H3,(H,23,24,28). The van der Waals surface area contributed by atoms with Gasteiger partial charge in [-0.05, 0) is 52.0 Å². The molecule has 0 bridgehead atoms. The molecule has 1 amide bonds. The zero-order valence-electron chi connectivity index (χ0n) is 18.6. The summed E-state index contributed by atoms with van der Waals surface area (Å²) in [5.41, 5.74) is 0.525. The molecular weight excluding hydrogens is 530 g/mol. The SMILES string of the molecule is CCOC(=O)c1sc(NC(=O)CSc2nnc(C(C)Oc3ccc(Br)cc3)n2CC)nc1C. The number of rotatable bonds is 10. The number of anilines is 1. The number of nitrogens with one attached hydrogen (secondary N) is 1. The van der Waals surface area contributed by atoms with Gasteiger partial charge in [0.2, 0.25) is 5.91 Å². The van der Waals surface area contributed by atoms with Crippen molar-refractivity contribution < 1.29 is 19.1 Å². The summed E-state index contributed by atoms with van der Waals surface area (Å²) in [6, 6.07) is 7.57. The third-order valence-corrected chi connectivity index (χ3v) is 6.94. The Balaban J connectivity index is 1.60. The van der Waals surface area contributed by atoms with Crippen molar-refractivity contribution in [3.63, 3.8) is 0 Å². The Hall–Kier alpha value is -2.44. The van der Waals surface area contributed by atoms with E-state index >= 15 is 0 Å². The largest absolute Gasteiger partial charge is 0.483 e. The fourth-order valence-electron chi connectivity index (χ4n) is 2.90. The second-order valence-corrected chi connectivity index (χ2v) is 9.65. The van der Waals surface area contributed by atoms with Crippen LogP contribution in [0.3, 0.4) is 0 Å². The Morgan fingerprint density at radius 2 is 1.97 bits per heavy atom. The van der Waals surface area contributed by atoms with Gasteiger partial charge in [-0.1, -0.05) is 39.0 Å². The van der Waals surface area contributed by atoms with Crippen LogP contribution in [0, 0.1) is 6.92 Å². The number of thioether (sulfide) groups is 1.